The van der Waals surface area contributed by atoms with E-state index in [2.05, 4.69) is 11.9 Å². The number of rotatable bonds is 5. The smallest absolute Gasteiger partial charge is 0.250 e. The first kappa shape index (κ1) is 13.3. The highest BCUT2D eigenvalue weighted by Gasteiger charge is 2.18. The molecule has 17 heavy (non-hydrogen) atoms. The molecule has 3 heteroatoms. The molecule has 0 bridgehead atoms. The molecule has 1 aromatic rings. The van der Waals surface area contributed by atoms with Gasteiger partial charge in [0.1, 0.15) is 0 Å². The van der Waals surface area contributed by atoms with Crippen LogP contribution in [0.4, 0.5) is 5.69 Å². The zero-order valence-corrected chi connectivity index (χ0v) is 10.7. The van der Waals surface area contributed by atoms with Crippen molar-refractivity contribution in [3.8, 4) is 0 Å². The molecule has 0 radical (unpaired) electrons. The fraction of sp³-hybridized carbons (Fsp3) is 0.357. The molecule has 0 aromatic heterocycles. The Hall–Kier alpha value is -1.77. The molecule has 1 N–H and O–H groups in total. The number of anilines is 1. The van der Waals surface area contributed by atoms with E-state index in [9.17, 15) is 4.79 Å². The Balaban J connectivity index is 2.71. The summed E-state index contributed by atoms with van der Waals surface area (Å²) in [6.07, 6.45) is -0.0494. The first-order valence-corrected chi connectivity index (χ1v) is 5.84. The molecule has 0 spiro atoms. The van der Waals surface area contributed by atoms with E-state index in [0.717, 1.165) is 5.69 Å². The summed E-state index contributed by atoms with van der Waals surface area (Å²) < 4.78 is 0. The predicted molar refractivity (Wildman–Crippen MR) is 71.7 cm³/mol. The van der Waals surface area contributed by atoms with Crippen LogP contribution >= 0.6 is 0 Å². The molecule has 1 amide bonds. The van der Waals surface area contributed by atoms with Gasteiger partial charge in [-0.2, -0.15) is 0 Å². The summed E-state index contributed by atoms with van der Waals surface area (Å²) in [5, 5.41) is 3.29. The van der Waals surface area contributed by atoms with Crippen LogP contribution < -0.4 is 5.32 Å². The third-order valence-corrected chi connectivity index (χ3v) is 2.58. The van der Waals surface area contributed by atoms with E-state index in [0.29, 0.717) is 12.1 Å². The molecule has 1 rings (SSSR count). The van der Waals surface area contributed by atoms with Gasteiger partial charge in [-0.15, -0.1) is 0 Å². The number of nitrogens with one attached hydrogen (secondary N) is 1. The summed E-state index contributed by atoms with van der Waals surface area (Å²) in [6.45, 7) is 10.0. The normalized spacial score (nSPS) is 11.7. The second-order valence-electron chi connectivity index (χ2n) is 4.06. The molecule has 1 atom stereocenters. The van der Waals surface area contributed by atoms with Gasteiger partial charge in [0.25, 0.3) is 0 Å². The fourth-order valence-corrected chi connectivity index (χ4v) is 1.69. The number of carbonyl (C=O) groups is 1. The first-order chi connectivity index (χ1) is 8.06. The van der Waals surface area contributed by atoms with Crippen molar-refractivity contribution in [1.29, 1.82) is 0 Å². The first-order valence-electron chi connectivity index (χ1n) is 5.84. The molecular formula is C14H20N2O. The van der Waals surface area contributed by atoms with E-state index >= 15 is 0 Å². The zero-order valence-electron chi connectivity index (χ0n) is 10.7. The molecule has 0 heterocycles. The number of hydrogen-bond donors (Lipinski definition) is 1. The molecule has 0 saturated carbocycles. The highest BCUT2D eigenvalue weighted by molar-refractivity contribution is 5.92. The van der Waals surface area contributed by atoms with Gasteiger partial charge in [0, 0.05) is 17.8 Å². The summed E-state index contributed by atoms with van der Waals surface area (Å²) in [5.41, 5.74) is 1.57. The minimum absolute atomic E-state index is 0.0107. The van der Waals surface area contributed by atoms with E-state index in [-0.39, 0.29) is 12.1 Å². The maximum absolute atomic E-state index is 11.9. The van der Waals surface area contributed by atoms with Crippen molar-refractivity contribution in [2.45, 2.75) is 26.9 Å². The van der Waals surface area contributed by atoms with Crippen molar-refractivity contribution in [3.63, 3.8) is 0 Å². The van der Waals surface area contributed by atoms with Crippen molar-refractivity contribution < 1.29 is 4.79 Å². The maximum Gasteiger partial charge on any atom is 0.250 e. The minimum Gasteiger partial charge on any atom is -0.365 e. The summed E-state index contributed by atoms with van der Waals surface area (Å²) in [7, 11) is 0. The molecule has 0 fully saturated rings. The van der Waals surface area contributed by atoms with E-state index in [4.69, 9.17) is 0 Å². The van der Waals surface area contributed by atoms with Gasteiger partial charge in [0.2, 0.25) is 5.91 Å². The van der Waals surface area contributed by atoms with Gasteiger partial charge < -0.3 is 10.2 Å². The van der Waals surface area contributed by atoms with Crippen LogP contribution in [0.3, 0.4) is 0 Å². The fourth-order valence-electron chi connectivity index (χ4n) is 1.69. The third kappa shape index (κ3) is 3.63. The Kier molecular flexibility index (Phi) is 4.76. The predicted octanol–water partition coefficient (Wildman–Crippen LogP) is 2.87. The Labute approximate surface area is 103 Å². The Morgan fingerprint density at radius 1 is 1.41 bits per heavy atom. The van der Waals surface area contributed by atoms with Crippen LogP contribution in [0.5, 0.6) is 0 Å². The average molecular weight is 232 g/mol. The monoisotopic (exact) mass is 232 g/mol. The van der Waals surface area contributed by atoms with Gasteiger partial charge in [-0.25, -0.2) is 0 Å². The Bertz CT molecular complexity index is 386. The average Bonchev–Trinajstić information content (AvgIpc) is 2.30. The van der Waals surface area contributed by atoms with Crippen molar-refractivity contribution in [2.24, 2.45) is 0 Å². The molecular weight excluding hydrogens is 212 g/mol. The minimum atomic E-state index is -0.0494. The van der Waals surface area contributed by atoms with Gasteiger partial charge >= 0.3 is 0 Å². The SMILES string of the molecule is C=C(C)C(=O)N(CC)C(C)Nc1ccccc1. The number of benzene rings is 1. The van der Waals surface area contributed by atoms with E-state index < -0.39 is 0 Å². The zero-order chi connectivity index (χ0) is 12.8. The quantitative estimate of drug-likeness (QED) is 0.625. The highest BCUT2D eigenvalue weighted by Crippen LogP contribution is 2.11. The van der Waals surface area contributed by atoms with Crippen molar-refractivity contribution in [1.82, 2.24) is 4.90 Å². The number of amides is 1. The molecule has 0 aliphatic carbocycles. The molecule has 1 unspecified atom stereocenters. The molecule has 0 saturated heterocycles. The third-order valence-electron chi connectivity index (χ3n) is 2.58. The lowest BCUT2D eigenvalue weighted by Crippen LogP contribution is -2.43. The molecule has 0 aliphatic heterocycles. The van der Waals surface area contributed by atoms with Gasteiger partial charge in [-0.1, -0.05) is 24.8 Å². The number of para-hydroxylation sites is 1. The van der Waals surface area contributed by atoms with Crippen LogP contribution in [-0.2, 0) is 4.79 Å². The summed E-state index contributed by atoms with van der Waals surface area (Å²) in [4.78, 5) is 13.7. The van der Waals surface area contributed by atoms with Gasteiger partial charge in [0.05, 0.1) is 6.17 Å². The van der Waals surface area contributed by atoms with E-state index in [1.807, 2.05) is 44.2 Å². The standard InChI is InChI=1S/C14H20N2O/c1-5-16(14(17)11(2)3)12(4)15-13-9-7-6-8-10-13/h6-10,12,15H,2,5H2,1,3-4H3. The number of likely N-dealkylation sites (N-methyl/N-ethyl adjacent to an activating group) is 1. The number of hydrogen-bond acceptors (Lipinski definition) is 2. The van der Waals surface area contributed by atoms with Crippen LogP contribution in [0.2, 0.25) is 0 Å². The van der Waals surface area contributed by atoms with Gasteiger partial charge in [0.15, 0.2) is 0 Å². The summed E-state index contributed by atoms with van der Waals surface area (Å²) in [6, 6.07) is 9.86. The van der Waals surface area contributed by atoms with Crippen LogP contribution in [0, 0.1) is 0 Å². The van der Waals surface area contributed by atoms with Crippen LogP contribution in [0.15, 0.2) is 42.5 Å². The second kappa shape index (κ2) is 6.09. The molecule has 92 valence electrons. The van der Waals surface area contributed by atoms with Crippen molar-refractivity contribution >= 4 is 11.6 Å². The van der Waals surface area contributed by atoms with Gasteiger partial charge in [-0.3, -0.25) is 4.79 Å². The molecule has 0 aliphatic rings. The lowest BCUT2D eigenvalue weighted by atomic mass is 10.2. The molecule has 3 nitrogen and oxygen atoms in total. The van der Waals surface area contributed by atoms with E-state index in [1.165, 1.54) is 0 Å². The largest absolute Gasteiger partial charge is 0.365 e. The summed E-state index contributed by atoms with van der Waals surface area (Å²) >= 11 is 0. The lowest BCUT2D eigenvalue weighted by Gasteiger charge is -2.29. The maximum atomic E-state index is 11.9. The van der Waals surface area contributed by atoms with Crippen LogP contribution in [0.25, 0.3) is 0 Å². The lowest BCUT2D eigenvalue weighted by molar-refractivity contribution is -0.128. The van der Waals surface area contributed by atoms with Crippen molar-refractivity contribution in [3.05, 3.63) is 42.5 Å². The van der Waals surface area contributed by atoms with E-state index in [1.54, 1.807) is 11.8 Å². The number of nitrogens with zero attached hydrogens (tertiary/aromatic N) is 1. The number of carbonyl (C=O) groups excluding carboxylic acids is 1. The second-order valence-corrected chi connectivity index (χ2v) is 4.06. The molecule has 1 aromatic carbocycles. The Morgan fingerprint density at radius 3 is 2.47 bits per heavy atom. The van der Waals surface area contributed by atoms with Crippen molar-refractivity contribution in [2.75, 3.05) is 11.9 Å². The highest BCUT2D eigenvalue weighted by atomic mass is 16.2. The van der Waals surface area contributed by atoms with Crippen LogP contribution in [0.1, 0.15) is 20.8 Å². The summed E-state index contributed by atoms with van der Waals surface area (Å²) in [5.74, 6) is -0.0107. The van der Waals surface area contributed by atoms with Crippen LogP contribution in [-0.4, -0.2) is 23.5 Å². The van der Waals surface area contributed by atoms with Gasteiger partial charge in [-0.05, 0) is 32.9 Å². The Morgan fingerprint density at radius 2 is 2.00 bits per heavy atom. The topological polar surface area (TPSA) is 32.3 Å².